The first-order valence-corrected chi connectivity index (χ1v) is 14.0. The molecule has 1 heterocycles. The molecule has 1 atom stereocenters. The maximum absolute atomic E-state index is 11.7. The summed E-state index contributed by atoms with van der Waals surface area (Å²) >= 11 is 3.14. The van der Waals surface area contributed by atoms with E-state index in [1.807, 2.05) is 29.2 Å². The van der Waals surface area contributed by atoms with Crippen LogP contribution in [0, 0.1) is 0 Å². The zero-order valence-corrected chi connectivity index (χ0v) is 24.6. The molecule has 1 aromatic carbocycles. The first kappa shape index (κ1) is 34.0. The molecule has 2 rings (SSSR count). The number of halogens is 1. The summed E-state index contributed by atoms with van der Waals surface area (Å²) in [6, 6.07) is 7.43. The number of carbonyl (C=O) groups excluding carboxylic acids is 1. The summed E-state index contributed by atoms with van der Waals surface area (Å²) in [7, 11) is 2.86. The van der Waals surface area contributed by atoms with Gasteiger partial charge in [0.25, 0.3) is 0 Å². The number of alkyl halides is 1. The lowest BCUT2D eigenvalue weighted by molar-refractivity contribution is -0.304. The summed E-state index contributed by atoms with van der Waals surface area (Å²) in [4.78, 5) is 62.8. The van der Waals surface area contributed by atoms with Crippen LogP contribution in [0.5, 0.6) is 0 Å². The number of carboxylic acids is 2. The summed E-state index contributed by atoms with van der Waals surface area (Å²) in [5, 5.41) is 21.9. The van der Waals surface area contributed by atoms with E-state index in [0.29, 0.717) is 57.9 Å². The third-order valence-electron chi connectivity index (χ3n) is 6.39. The third kappa shape index (κ3) is 13.4. The number of amides is 1. The largest absolute Gasteiger partial charge is 0.480 e. The molecule has 0 aromatic heterocycles. The van der Waals surface area contributed by atoms with Crippen molar-refractivity contribution in [1.82, 2.24) is 19.6 Å². The molecular weight excluding hydrogens is 594 g/mol. The number of anilines is 1. The van der Waals surface area contributed by atoms with Crippen LogP contribution in [0.15, 0.2) is 24.3 Å². The molecule has 1 fully saturated rings. The van der Waals surface area contributed by atoms with E-state index >= 15 is 0 Å². The van der Waals surface area contributed by atoms with Crippen LogP contribution in [-0.4, -0.2) is 146 Å². The van der Waals surface area contributed by atoms with Gasteiger partial charge in [0.15, 0.2) is 0 Å². The Morgan fingerprint density at radius 2 is 1.38 bits per heavy atom. The van der Waals surface area contributed by atoms with Crippen LogP contribution in [0.1, 0.15) is 5.56 Å². The Morgan fingerprint density at radius 1 is 0.850 bits per heavy atom. The van der Waals surface area contributed by atoms with Crippen LogP contribution in [0.4, 0.5) is 5.69 Å². The van der Waals surface area contributed by atoms with Crippen molar-refractivity contribution in [2.24, 2.45) is 0 Å². The topological polar surface area (TPSA) is 154 Å². The molecule has 40 heavy (non-hydrogen) atoms. The van der Waals surface area contributed by atoms with Crippen molar-refractivity contribution in [1.29, 1.82) is 0 Å². The number of benzene rings is 1. The predicted octanol–water partition coefficient (Wildman–Crippen LogP) is 0.393. The maximum Gasteiger partial charge on any atom is 0.317 e. The van der Waals surface area contributed by atoms with Gasteiger partial charge in [0, 0.05) is 57.5 Å². The monoisotopic (exact) mass is 633 g/mol. The summed E-state index contributed by atoms with van der Waals surface area (Å²) < 4.78 is 0. The number of hydrogen-bond donors (Lipinski definition) is 3. The van der Waals surface area contributed by atoms with Crippen LogP contribution in [0.2, 0.25) is 0 Å². The second kappa shape index (κ2) is 19.0. The van der Waals surface area contributed by atoms with Gasteiger partial charge >= 0.3 is 11.9 Å². The summed E-state index contributed by atoms with van der Waals surface area (Å²) in [5.41, 5.74) is 1.70. The van der Waals surface area contributed by atoms with Crippen molar-refractivity contribution in [3.05, 3.63) is 29.8 Å². The predicted molar refractivity (Wildman–Crippen MR) is 149 cm³/mol. The van der Waals surface area contributed by atoms with Gasteiger partial charge in [-0.15, -0.1) is 0 Å². The van der Waals surface area contributed by atoms with Crippen molar-refractivity contribution in [3.63, 3.8) is 0 Å². The highest BCUT2D eigenvalue weighted by Gasteiger charge is 2.26. The quantitative estimate of drug-likeness (QED) is 0.147. The number of hydrogen-bond acceptors (Lipinski definition) is 11. The van der Waals surface area contributed by atoms with Gasteiger partial charge in [-0.3, -0.25) is 34.0 Å². The SMILES string of the molecule is COOCN1CCN(CC(=O)O)CCN(CC(=O)O)CCN(COOC)[C@@H](Cc2ccc(NC(=O)CBr)cc2)C1. The van der Waals surface area contributed by atoms with Crippen molar-refractivity contribution in [2.75, 3.05) is 97.2 Å². The average Bonchev–Trinajstić information content (AvgIpc) is 2.91. The molecule has 1 saturated heterocycles. The first-order chi connectivity index (χ1) is 19.2. The van der Waals surface area contributed by atoms with Crippen LogP contribution in [-0.2, 0) is 40.4 Å². The molecule has 1 aliphatic heterocycles. The van der Waals surface area contributed by atoms with Gasteiger partial charge in [-0.1, -0.05) is 28.1 Å². The number of carboxylic acid groups (broad SMARTS) is 2. The van der Waals surface area contributed by atoms with E-state index in [2.05, 4.69) is 26.1 Å². The van der Waals surface area contributed by atoms with Crippen molar-refractivity contribution < 1.29 is 44.1 Å². The normalized spacial score (nSPS) is 19.0. The minimum atomic E-state index is -0.955. The van der Waals surface area contributed by atoms with Crippen LogP contribution >= 0.6 is 15.9 Å². The summed E-state index contributed by atoms with van der Waals surface area (Å²) in [6.07, 6.45) is 0.598. The smallest absolute Gasteiger partial charge is 0.317 e. The zero-order chi connectivity index (χ0) is 29.3. The van der Waals surface area contributed by atoms with Gasteiger partial charge in [0.2, 0.25) is 5.91 Å². The van der Waals surface area contributed by atoms with E-state index in [9.17, 15) is 24.6 Å². The number of nitrogens with zero attached hydrogens (tertiary/aromatic N) is 4. The van der Waals surface area contributed by atoms with E-state index in [1.165, 1.54) is 14.2 Å². The molecule has 1 aromatic rings. The molecule has 0 aliphatic carbocycles. The van der Waals surface area contributed by atoms with Gasteiger partial charge < -0.3 is 15.5 Å². The molecule has 0 radical (unpaired) electrons. The lowest BCUT2D eigenvalue weighted by Crippen LogP contribution is -2.52. The molecule has 3 N–H and O–H groups in total. The minimum Gasteiger partial charge on any atom is -0.480 e. The van der Waals surface area contributed by atoms with E-state index in [0.717, 1.165) is 5.56 Å². The number of aliphatic carboxylic acids is 2. The maximum atomic E-state index is 11.7. The second-order valence-corrected chi connectivity index (χ2v) is 9.85. The zero-order valence-electron chi connectivity index (χ0n) is 23.0. The van der Waals surface area contributed by atoms with Gasteiger partial charge in [-0.05, 0) is 24.1 Å². The highest BCUT2D eigenvalue weighted by atomic mass is 79.9. The Morgan fingerprint density at radius 3 is 1.90 bits per heavy atom. The Bertz CT molecular complexity index is 911. The van der Waals surface area contributed by atoms with Crippen LogP contribution in [0.25, 0.3) is 0 Å². The molecule has 0 spiro atoms. The van der Waals surface area contributed by atoms with Crippen molar-refractivity contribution >= 4 is 39.5 Å². The highest BCUT2D eigenvalue weighted by molar-refractivity contribution is 9.09. The minimum absolute atomic E-state index is 0.127. The Kier molecular flexibility index (Phi) is 16.2. The van der Waals surface area contributed by atoms with Gasteiger partial charge in [-0.25, -0.2) is 19.6 Å². The van der Waals surface area contributed by atoms with Crippen molar-refractivity contribution in [3.8, 4) is 0 Å². The lowest BCUT2D eigenvalue weighted by atomic mass is 10.0. The number of carbonyl (C=O) groups is 3. The Labute approximate surface area is 242 Å². The molecule has 15 heteroatoms. The molecule has 14 nitrogen and oxygen atoms in total. The van der Waals surface area contributed by atoms with E-state index in [-0.39, 0.29) is 43.8 Å². The molecular formula is C25H40BrN5O9. The molecule has 0 bridgehead atoms. The molecule has 1 amide bonds. The highest BCUT2D eigenvalue weighted by Crippen LogP contribution is 2.16. The molecule has 226 valence electrons. The Balaban J connectivity index is 2.34. The summed E-state index contributed by atoms with van der Waals surface area (Å²) in [6.45, 7) is 3.09. The van der Waals surface area contributed by atoms with Crippen LogP contribution in [0.3, 0.4) is 0 Å². The van der Waals surface area contributed by atoms with E-state index in [1.54, 1.807) is 9.80 Å². The fraction of sp³-hybridized carbons (Fsp3) is 0.640. The second-order valence-electron chi connectivity index (χ2n) is 9.29. The van der Waals surface area contributed by atoms with E-state index in [4.69, 9.17) is 19.6 Å². The third-order valence-corrected chi connectivity index (χ3v) is 6.90. The average molecular weight is 635 g/mol. The molecule has 1 aliphatic rings. The van der Waals surface area contributed by atoms with Crippen LogP contribution < -0.4 is 5.32 Å². The van der Waals surface area contributed by atoms with E-state index < -0.39 is 11.9 Å². The van der Waals surface area contributed by atoms with Gasteiger partial charge in [0.1, 0.15) is 13.5 Å². The summed E-state index contributed by atoms with van der Waals surface area (Å²) in [5.74, 6) is -2.05. The van der Waals surface area contributed by atoms with Gasteiger partial charge in [0.05, 0.1) is 32.6 Å². The standard InChI is InChI=1S/C25H40BrN5O9/c1-37-39-18-30-10-9-28(16-24(33)34)7-8-29(17-25(35)36)11-12-31(19-40-38-2)22(15-30)13-20-3-5-21(6-4-20)27-23(32)14-26/h3-6,22H,7-19H2,1-2H3,(H,27,32)(H,33,34)(H,35,36)/t22-/m0/s1. The number of rotatable bonds is 14. The van der Waals surface area contributed by atoms with Gasteiger partial charge in [-0.2, -0.15) is 0 Å². The first-order valence-electron chi connectivity index (χ1n) is 12.8. The molecule has 0 saturated carbocycles. The fourth-order valence-electron chi connectivity index (χ4n) is 4.36. The lowest BCUT2D eigenvalue weighted by Gasteiger charge is -2.37. The number of nitrogens with one attached hydrogen (secondary N) is 1. The Hall–Kier alpha value is -2.21. The fourth-order valence-corrected chi connectivity index (χ4v) is 4.50. The molecule has 0 unspecified atom stereocenters. The van der Waals surface area contributed by atoms with Crippen molar-refractivity contribution in [2.45, 2.75) is 12.5 Å².